The highest BCUT2D eigenvalue weighted by molar-refractivity contribution is 7.92. The molecule has 158 valence electrons. The summed E-state index contributed by atoms with van der Waals surface area (Å²) in [6, 6.07) is 18.5. The molecule has 0 bridgehead atoms. The summed E-state index contributed by atoms with van der Waals surface area (Å²) in [5, 5.41) is 4.33. The fraction of sp³-hybridized carbons (Fsp3) is 0.0909. The lowest BCUT2D eigenvalue weighted by Crippen LogP contribution is -2.26. The molecule has 6 nitrogen and oxygen atoms in total. The number of nitrogens with zero attached hydrogens (tertiary/aromatic N) is 2. The first-order chi connectivity index (χ1) is 14.8. The predicted octanol–water partition coefficient (Wildman–Crippen LogP) is 4.96. The number of aromatic nitrogens is 1. The van der Waals surface area contributed by atoms with Crippen molar-refractivity contribution in [2.24, 2.45) is 0 Å². The zero-order valence-corrected chi connectivity index (χ0v) is 18.8. The first-order valence-corrected chi connectivity index (χ1v) is 11.9. The second kappa shape index (κ2) is 8.66. The van der Waals surface area contributed by atoms with Gasteiger partial charge in [0, 0.05) is 29.3 Å². The van der Waals surface area contributed by atoms with Crippen molar-refractivity contribution in [3.63, 3.8) is 0 Å². The molecule has 0 unspecified atom stereocenters. The van der Waals surface area contributed by atoms with E-state index in [4.69, 9.17) is 11.6 Å². The van der Waals surface area contributed by atoms with Crippen LogP contribution in [-0.2, 0) is 21.2 Å². The Kier molecular flexibility index (Phi) is 5.95. The fourth-order valence-electron chi connectivity index (χ4n) is 3.07. The van der Waals surface area contributed by atoms with E-state index in [0.29, 0.717) is 16.4 Å². The number of carbonyl (C=O) groups excluding carboxylic acids is 1. The van der Waals surface area contributed by atoms with Crippen LogP contribution in [0.25, 0.3) is 10.1 Å². The number of hydrogen-bond donors (Lipinski definition) is 1. The maximum absolute atomic E-state index is 12.8. The molecule has 0 radical (unpaired) electrons. The van der Waals surface area contributed by atoms with Gasteiger partial charge in [0.2, 0.25) is 5.91 Å². The molecule has 4 aromatic rings. The molecule has 0 atom stereocenters. The molecule has 1 amide bonds. The van der Waals surface area contributed by atoms with Gasteiger partial charge in [-0.2, -0.15) is 4.37 Å². The Hall–Kier alpha value is -2.94. The molecule has 1 heterocycles. The van der Waals surface area contributed by atoms with Crippen LogP contribution in [0.2, 0.25) is 5.02 Å². The quantitative estimate of drug-likeness (QED) is 0.431. The number of nitrogens with one attached hydrogen (secondary N) is 1. The van der Waals surface area contributed by atoms with Crippen molar-refractivity contribution in [1.82, 2.24) is 4.37 Å². The molecule has 3 aromatic carbocycles. The van der Waals surface area contributed by atoms with Gasteiger partial charge in [0.05, 0.1) is 21.7 Å². The van der Waals surface area contributed by atoms with E-state index in [2.05, 4.69) is 9.69 Å². The number of anilines is 2. The van der Waals surface area contributed by atoms with Gasteiger partial charge in [-0.1, -0.05) is 23.7 Å². The molecule has 0 aliphatic rings. The first kappa shape index (κ1) is 21.3. The molecular weight excluding hydrogens is 454 g/mol. The number of sulfonamides is 1. The number of fused-ring (bicyclic) bond motifs is 1. The lowest BCUT2D eigenvalue weighted by molar-refractivity contribution is -0.115. The molecular formula is C22H18ClN3O3S2. The summed E-state index contributed by atoms with van der Waals surface area (Å²) in [6.07, 6.45) is 1.94. The van der Waals surface area contributed by atoms with E-state index in [0.717, 1.165) is 15.6 Å². The highest BCUT2D eigenvalue weighted by atomic mass is 35.5. The minimum Gasteiger partial charge on any atom is -0.326 e. The number of amides is 1. The minimum absolute atomic E-state index is 0.153. The van der Waals surface area contributed by atoms with Crippen molar-refractivity contribution in [1.29, 1.82) is 0 Å². The lowest BCUT2D eigenvalue weighted by Gasteiger charge is -2.20. The molecule has 0 fully saturated rings. The van der Waals surface area contributed by atoms with Crippen LogP contribution in [0.15, 0.2) is 77.8 Å². The van der Waals surface area contributed by atoms with Gasteiger partial charge in [-0.05, 0) is 71.7 Å². The smallest absolute Gasteiger partial charge is 0.264 e. The van der Waals surface area contributed by atoms with E-state index in [-0.39, 0.29) is 17.2 Å². The maximum atomic E-state index is 12.8. The average Bonchev–Trinajstić information content (AvgIpc) is 3.22. The van der Waals surface area contributed by atoms with Crippen molar-refractivity contribution in [2.75, 3.05) is 16.7 Å². The molecule has 1 N–H and O–H groups in total. The second-order valence-corrected chi connectivity index (χ2v) is 10.1. The van der Waals surface area contributed by atoms with Gasteiger partial charge in [-0.15, -0.1) is 0 Å². The van der Waals surface area contributed by atoms with E-state index in [9.17, 15) is 13.2 Å². The molecule has 9 heteroatoms. The molecule has 0 aliphatic heterocycles. The Morgan fingerprint density at radius 3 is 2.48 bits per heavy atom. The Labute approximate surface area is 189 Å². The van der Waals surface area contributed by atoms with Crippen LogP contribution >= 0.6 is 23.1 Å². The highest BCUT2D eigenvalue weighted by Gasteiger charge is 2.21. The van der Waals surface area contributed by atoms with Gasteiger partial charge in [-0.3, -0.25) is 9.10 Å². The molecule has 31 heavy (non-hydrogen) atoms. The second-order valence-electron chi connectivity index (χ2n) is 6.90. The maximum Gasteiger partial charge on any atom is 0.264 e. The normalized spacial score (nSPS) is 11.4. The third-order valence-corrected chi connectivity index (χ3v) is 7.60. The fourth-order valence-corrected chi connectivity index (χ4v) is 5.02. The zero-order chi connectivity index (χ0) is 22.0. The van der Waals surface area contributed by atoms with Gasteiger partial charge < -0.3 is 5.32 Å². The van der Waals surface area contributed by atoms with Gasteiger partial charge in [0.1, 0.15) is 0 Å². The minimum atomic E-state index is -3.71. The lowest BCUT2D eigenvalue weighted by atomic mass is 10.1. The summed E-state index contributed by atoms with van der Waals surface area (Å²) in [4.78, 5) is 12.6. The highest BCUT2D eigenvalue weighted by Crippen LogP contribution is 2.24. The summed E-state index contributed by atoms with van der Waals surface area (Å²) < 4.78 is 32.0. The Balaban J connectivity index is 1.43. The molecule has 0 aliphatic carbocycles. The van der Waals surface area contributed by atoms with E-state index in [1.54, 1.807) is 30.5 Å². The Bertz CT molecular complexity index is 1330. The first-order valence-electron chi connectivity index (χ1n) is 9.31. The standard InChI is InChI=1S/C22H18ClN3O3S2/c1-26(31(28,29)20-9-4-17(23)5-10-20)19-7-2-15(3-8-19)12-22(27)25-18-6-11-21-16(13-18)14-24-30-21/h2-11,13-14H,12H2,1H3,(H,25,27). The van der Waals surface area contributed by atoms with Crippen molar-refractivity contribution >= 4 is 60.5 Å². The van der Waals surface area contributed by atoms with Crippen molar-refractivity contribution in [3.8, 4) is 0 Å². The number of halogens is 1. The molecule has 0 saturated carbocycles. The van der Waals surface area contributed by atoms with E-state index in [1.165, 1.54) is 47.2 Å². The van der Waals surface area contributed by atoms with Crippen LogP contribution in [-0.4, -0.2) is 25.7 Å². The van der Waals surface area contributed by atoms with Crippen LogP contribution in [0.1, 0.15) is 5.56 Å². The molecule has 0 spiro atoms. The summed E-state index contributed by atoms with van der Waals surface area (Å²) in [5.41, 5.74) is 1.98. The Morgan fingerprint density at radius 1 is 1.06 bits per heavy atom. The topological polar surface area (TPSA) is 79.4 Å². The van der Waals surface area contributed by atoms with Gasteiger partial charge in [0.25, 0.3) is 10.0 Å². The largest absolute Gasteiger partial charge is 0.326 e. The number of carbonyl (C=O) groups is 1. The number of hydrogen-bond acceptors (Lipinski definition) is 5. The van der Waals surface area contributed by atoms with Crippen LogP contribution in [0.5, 0.6) is 0 Å². The summed E-state index contributed by atoms with van der Waals surface area (Å²) in [5.74, 6) is -0.155. The van der Waals surface area contributed by atoms with E-state index in [1.807, 2.05) is 18.2 Å². The van der Waals surface area contributed by atoms with Crippen molar-refractivity contribution in [2.45, 2.75) is 11.3 Å². The van der Waals surface area contributed by atoms with Crippen LogP contribution < -0.4 is 9.62 Å². The van der Waals surface area contributed by atoms with Gasteiger partial charge in [0.15, 0.2) is 0 Å². The predicted molar refractivity (Wildman–Crippen MR) is 125 cm³/mol. The van der Waals surface area contributed by atoms with Gasteiger partial charge >= 0.3 is 0 Å². The van der Waals surface area contributed by atoms with E-state index >= 15 is 0 Å². The van der Waals surface area contributed by atoms with E-state index < -0.39 is 10.0 Å². The number of benzene rings is 3. The zero-order valence-electron chi connectivity index (χ0n) is 16.4. The third kappa shape index (κ3) is 4.71. The summed E-state index contributed by atoms with van der Waals surface area (Å²) in [7, 11) is -2.22. The van der Waals surface area contributed by atoms with Gasteiger partial charge in [-0.25, -0.2) is 8.42 Å². The SMILES string of the molecule is CN(c1ccc(CC(=O)Nc2ccc3sncc3c2)cc1)S(=O)(=O)c1ccc(Cl)cc1. The average molecular weight is 472 g/mol. The summed E-state index contributed by atoms with van der Waals surface area (Å²) in [6.45, 7) is 0. The number of rotatable bonds is 6. The summed E-state index contributed by atoms with van der Waals surface area (Å²) >= 11 is 7.25. The van der Waals surface area contributed by atoms with Crippen molar-refractivity contribution in [3.05, 3.63) is 83.5 Å². The van der Waals surface area contributed by atoms with Crippen molar-refractivity contribution < 1.29 is 13.2 Å². The van der Waals surface area contributed by atoms with Crippen LogP contribution in [0, 0.1) is 0 Å². The van der Waals surface area contributed by atoms with Crippen LogP contribution in [0.4, 0.5) is 11.4 Å². The molecule has 4 rings (SSSR count). The Morgan fingerprint density at radius 2 is 1.77 bits per heavy atom. The molecule has 0 saturated heterocycles. The third-order valence-electron chi connectivity index (χ3n) is 4.77. The monoisotopic (exact) mass is 471 g/mol. The molecule has 1 aromatic heterocycles. The van der Waals surface area contributed by atoms with Crippen LogP contribution in [0.3, 0.4) is 0 Å².